The molecule has 0 bridgehead atoms. The Morgan fingerprint density at radius 3 is 2.82 bits per heavy atom. The molecule has 0 unspecified atom stereocenters. The van der Waals surface area contributed by atoms with Gasteiger partial charge in [-0.05, 0) is 26.2 Å². The lowest BCUT2D eigenvalue weighted by Crippen LogP contribution is -2.35. The first-order chi connectivity index (χ1) is 8.19. The molecule has 5 heteroatoms. The lowest BCUT2D eigenvalue weighted by molar-refractivity contribution is 0.0731. The summed E-state index contributed by atoms with van der Waals surface area (Å²) in [6.07, 6.45) is 4.77. The van der Waals surface area contributed by atoms with Crippen LogP contribution in [-0.2, 0) is 6.54 Å². The molecule has 2 N–H and O–H groups in total. The predicted octanol–water partition coefficient (Wildman–Crippen LogP) is 1.50. The Labute approximate surface area is 102 Å². The first-order valence-electron chi connectivity index (χ1n) is 6.31. The average Bonchev–Trinajstić information content (AvgIpc) is 3.08. The van der Waals surface area contributed by atoms with Crippen LogP contribution in [0.1, 0.15) is 43.6 Å². The van der Waals surface area contributed by atoms with E-state index >= 15 is 0 Å². The fourth-order valence-electron chi connectivity index (χ4n) is 2.09. The molecule has 1 aliphatic rings. The second kappa shape index (κ2) is 4.77. The second-order valence-corrected chi connectivity index (χ2v) is 4.49. The summed E-state index contributed by atoms with van der Waals surface area (Å²) >= 11 is 0. The fourth-order valence-corrected chi connectivity index (χ4v) is 2.09. The van der Waals surface area contributed by atoms with E-state index in [1.54, 1.807) is 10.9 Å². The Kier molecular flexibility index (Phi) is 3.36. The predicted molar refractivity (Wildman–Crippen MR) is 66.7 cm³/mol. The van der Waals surface area contributed by atoms with Crippen molar-refractivity contribution in [2.75, 3.05) is 12.3 Å². The largest absolute Gasteiger partial charge is 0.396 e. The quantitative estimate of drug-likeness (QED) is 0.842. The number of rotatable bonds is 5. The summed E-state index contributed by atoms with van der Waals surface area (Å²) in [6.45, 7) is 5.52. The fraction of sp³-hybridized carbons (Fsp3) is 0.667. The Balaban J connectivity index is 2.24. The molecule has 17 heavy (non-hydrogen) atoms. The Morgan fingerprint density at radius 1 is 1.59 bits per heavy atom. The monoisotopic (exact) mass is 236 g/mol. The van der Waals surface area contributed by atoms with Crippen LogP contribution in [0.5, 0.6) is 0 Å². The number of carbonyl (C=O) groups excluding carboxylic acids is 1. The lowest BCUT2D eigenvalue weighted by atomic mass is 10.3. The van der Waals surface area contributed by atoms with Crippen molar-refractivity contribution < 1.29 is 4.79 Å². The molecular formula is C12H20N4O. The van der Waals surface area contributed by atoms with E-state index in [1.165, 1.54) is 0 Å². The molecule has 0 saturated heterocycles. The van der Waals surface area contributed by atoms with Gasteiger partial charge in [0.15, 0.2) is 0 Å². The van der Waals surface area contributed by atoms with Crippen LogP contribution in [-0.4, -0.2) is 33.2 Å². The van der Waals surface area contributed by atoms with E-state index in [1.807, 2.05) is 11.8 Å². The van der Waals surface area contributed by atoms with E-state index in [9.17, 15) is 4.79 Å². The van der Waals surface area contributed by atoms with Crippen LogP contribution in [0.4, 0.5) is 5.69 Å². The molecule has 1 aromatic rings. The molecule has 0 spiro atoms. The Morgan fingerprint density at radius 2 is 2.29 bits per heavy atom. The topological polar surface area (TPSA) is 64.2 Å². The molecule has 1 aromatic heterocycles. The van der Waals surface area contributed by atoms with E-state index in [-0.39, 0.29) is 5.91 Å². The van der Waals surface area contributed by atoms with Crippen LogP contribution in [0.3, 0.4) is 0 Å². The summed E-state index contributed by atoms with van der Waals surface area (Å²) in [7, 11) is 0. The van der Waals surface area contributed by atoms with Gasteiger partial charge >= 0.3 is 0 Å². The third-order valence-corrected chi connectivity index (χ3v) is 3.08. The van der Waals surface area contributed by atoms with E-state index in [4.69, 9.17) is 5.73 Å². The van der Waals surface area contributed by atoms with Gasteiger partial charge in [0.25, 0.3) is 5.91 Å². The minimum Gasteiger partial charge on any atom is -0.396 e. The Bertz CT molecular complexity index is 409. The van der Waals surface area contributed by atoms with Gasteiger partial charge in [0.1, 0.15) is 5.69 Å². The van der Waals surface area contributed by atoms with Crippen LogP contribution in [0.25, 0.3) is 0 Å². The molecule has 5 nitrogen and oxygen atoms in total. The summed E-state index contributed by atoms with van der Waals surface area (Å²) in [4.78, 5) is 14.4. The number of amides is 1. The Hall–Kier alpha value is -1.52. The number of hydrogen-bond acceptors (Lipinski definition) is 3. The SMILES string of the molecule is CCCN(C(=O)c1c(N)cnn1CC)C1CC1. The van der Waals surface area contributed by atoms with E-state index in [0.717, 1.165) is 25.8 Å². The minimum atomic E-state index is 0.0335. The highest BCUT2D eigenvalue weighted by Crippen LogP contribution is 2.29. The number of aromatic nitrogens is 2. The number of nitrogens with two attached hydrogens (primary N) is 1. The van der Waals surface area contributed by atoms with Gasteiger partial charge in [-0.2, -0.15) is 5.10 Å². The maximum absolute atomic E-state index is 12.5. The van der Waals surface area contributed by atoms with Crippen molar-refractivity contribution in [2.45, 2.75) is 45.7 Å². The number of nitrogens with zero attached hydrogens (tertiary/aromatic N) is 3. The molecule has 1 saturated carbocycles. The molecule has 0 aliphatic heterocycles. The maximum Gasteiger partial charge on any atom is 0.274 e. The van der Waals surface area contributed by atoms with Crippen molar-refractivity contribution in [1.29, 1.82) is 0 Å². The molecule has 0 aromatic carbocycles. The molecule has 1 fully saturated rings. The van der Waals surface area contributed by atoms with Gasteiger partial charge in [0.2, 0.25) is 0 Å². The van der Waals surface area contributed by atoms with Gasteiger partial charge in [-0.3, -0.25) is 9.48 Å². The highest BCUT2D eigenvalue weighted by Gasteiger charge is 2.34. The lowest BCUT2D eigenvalue weighted by Gasteiger charge is -2.22. The van der Waals surface area contributed by atoms with Gasteiger partial charge < -0.3 is 10.6 Å². The number of anilines is 1. The van der Waals surface area contributed by atoms with E-state index in [0.29, 0.717) is 24.0 Å². The zero-order valence-electron chi connectivity index (χ0n) is 10.5. The number of carbonyl (C=O) groups is 1. The van der Waals surface area contributed by atoms with Gasteiger partial charge in [-0.15, -0.1) is 0 Å². The molecule has 0 radical (unpaired) electrons. The van der Waals surface area contributed by atoms with Crippen molar-refractivity contribution in [3.63, 3.8) is 0 Å². The van der Waals surface area contributed by atoms with Gasteiger partial charge in [0, 0.05) is 19.1 Å². The van der Waals surface area contributed by atoms with Crippen LogP contribution >= 0.6 is 0 Å². The average molecular weight is 236 g/mol. The first-order valence-corrected chi connectivity index (χ1v) is 6.31. The highest BCUT2D eigenvalue weighted by molar-refractivity contribution is 5.97. The minimum absolute atomic E-state index is 0.0335. The van der Waals surface area contributed by atoms with Crippen molar-refractivity contribution >= 4 is 11.6 Å². The third-order valence-electron chi connectivity index (χ3n) is 3.08. The highest BCUT2D eigenvalue weighted by atomic mass is 16.2. The first kappa shape index (κ1) is 12.0. The zero-order chi connectivity index (χ0) is 12.4. The molecule has 2 rings (SSSR count). The number of nitrogen functional groups attached to an aromatic ring is 1. The zero-order valence-corrected chi connectivity index (χ0v) is 10.5. The number of aryl methyl sites for hydroxylation is 1. The molecule has 94 valence electrons. The van der Waals surface area contributed by atoms with Crippen molar-refractivity contribution in [3.05, 3.63) is 11.9 Å². The molecule has 0 atom stereocenters. The van der Waals surface area contributed by atoms with Crippen LogP contribution in [0.2, 0.25) is 0 Å². The van der Waals surface area contributed by atoms with Crippen molar-refractivity contribution in [3.8, 4) is 0 Å². The van der Waals surface area contributed by atoms with Gasteiger partial charge in [-0.1, -0.05) is 6.92 Å². The van der Waals surface area contributed by atoms with Crippen molar-refractivity contribution in [2.24, 2.45) is 0 Å². The third kappa shape index (κ3) is 2.28. The molecule has 1 aliphatic carbocycles. The van der Waals surface area contributed by atoms with Gasteiger partial charge in [0.05, 0.1) is 11.9 Å². The van der Waals surface area contributed by atoms with Crippen LogP contribution in [0, 0.1) is 0 Å². The summed E-state index contributed by atoms with van der Waals surface area (Å²) in [5.74, 6) is 0.0335. The maximum atomic E-state index is 12.5. The summed E-state index contributed by atoms with van der Waals surface area (Å²) in [5, 5.41) is 4.12. The summed E-state index contributed by atoms with van der Waals surface area (Å²) in [5.41, 5.74) is 6.88. The molecule has 1 heterocycles. The van der Waals surface area contributed by atoms with E-state index < -0.39 is 0 Å². The summed E-state index contributed by atoms with van der Waals surface area (Å²) in [6, 6.07) is 0.419. The second-order valence-electron chi connectivity index (χ2n) is 4.49. The van der Waals surface area contributed by atoms with Crippen LogP contribution in [0.15, 0.2) is 6.20 Å². The standard InChI is InChI=1S/C12H20N4O/c1-3-7-15(9-5-6-9)12(17)11-10(13)8-14-16(11)4-2/h8-9H,3-7,13H2,1-2H3. The van der Waals surface area contributed by atoms with Crippen LogP contribution < -0.4 is 5.73 Å². The normalized spacial score (nSPS) is 14.9. The molecular weight excluding hydrogens is 216 g/mol. The van der Waals surface area contributed by atoms with Crippen molar-refractivity contribution in [1.82, 2.24) is 14.7 Å². The molecule has 1 amide bonds. The van der Waals surface area contributed by atoms with Gasteiger partial charge in [-0.25, -0.2) is 0 Å². The number of hydrogen-bond donors (Lipinski definition) is 1. The summed E-state index contributed by atoms with van der Waals surface area (Å²) < 4.78 is 1.68. The smallest absolute Gasteiger partial charge is 0.274 e. The van der Waals surface area contributed by atoms with E-state index in [2.05, 4.69) is 12.0 Å².